The van der Waals surface area contributed by atoms with Crippen LogP contribution in [0.1, 0.15) is 40.7 Å². The van der Waals surface area contributed by atoms with Gasteiger partial charge in [-0.2, -0.15) is 0 Å². The van der Waals surface area contributed by atoms with Gasteiger partial charge in [-0.3, -0.25) is 19.6 Å². The molecule has 0 aliphatic carbocycles. The molecule has 1 N–H and O–H groups in total. The lowest BCUT2D eigenvalue weighted by molar-refractivity contribution is -0.120. The Balaban J connectivity index is 1.41. The summed E-state index contributed by atoms with van der Waals surface area (Å²) in [4.78, 5) is 43.6. The van der Waals surface area contributed by atoms with E-state index in [0.29, 0.717) is 31.0 Å². The van der Waals surface area contributed by atoms with E-state index in [1.165, 1.54) is 18.6 Å². The third-order valence-corrected chi connectivity index (χ3v) is 4.86. The fourth-order valence-electron chi connectivity index (χ4n) is 3.39. The number of amides is 2. The topological polar surface area (TPSA) is 106 Å². The van der Waals surface area contributed by atoms with E-state index in [1.807, 2.05) is 35.9 Å². The van der Waals surface area contributed by atoms with E-state index in [-0.39, 0.29) is 24.3 Å². The second-order valence-corrected chi connectivity index (χ2v) is 6.82. The highest BCUT2D eigenvalue weighted by atomic mass is 16.2. The van der Waals surface area contributed by atoms with Crippen molar-refractivity contribution in [1.29, 1.82) is 0 Å². The molecule has 9 nitrogen and oxygen atoms in total. The number of hydrogen-bond donors (Lipinski definition) is 1. The molecule has 148 valence electrons. The molecule has 29 heavy (non-hydrogen) atoms. The lowest BCUT2D eigenvalue weighted by atomic mass is 10.2. The molecular formula is C20H21N7O2. The van der Waals surface area contributed by atoms with Crippen molar-refractivity contribution in [2.75, 3.05) is 6.54 Å². The molecule has 0 saturated carbocycles. The number of carbonyl (C=O) groups excluding carboxylic acids is 2. The summed E-state index contributed by atoms with van der Waals surface area (Å²) in [6.45, 7) is 3.47. The van der Waals surface area contributed by atoms with E-state index in [9.17, 15) is 9.59 Å². The van der Waals surface area contributed by atoms with Gasteiger partial charge in [0.15, 0.2) is 0 Å². The van der Waals surface area contributed by atoms with E-state index >= 15 is 0 Å². The number of rotatable bonds is 5. The summed E-state index contributed by atoms with van der Waals surface area (Å²) < 4.78 is 2.01. The zero-order valence-electron chi connectivity index (χ0n) is 16.0. The van der Waals surface area contributed by atoms with E-state index in [0.717, 1.165) is 11.5 Å². The van der Waals surface area contributed by atoms with Crippen molar-refractivity contribution in [3.05, 3.63) is 72.1 Å². The van der Waals surface area contributed by atoms with Crippen molar-refractivity contribution < 1.29 is 9.59 Å². The number of aromatic nitrogens is 5. The molecule has 1 atom stereocenters. The summed E-state index contributed by atoms with van der Waals surface area (Å²) >= 11 is 0. The SMILES string of the molecule is CC1c2nc(CC(=O)NCc3ccccn3)cn2CCN1C(=O)c1cnccn1. The third-order valence-electron chi connectivity index (χ3n) is 4.86. The summed E-state index contributed by atoms with van der Waals surface area (Å²) in [5.74, 6) is 0.474. The molecule has 4 rings (SSSR count). The Morgan fingerprint density at radius 3 is 2.79 bits per heavy atom. The van der Waals surface area contributed by atoms with Crippen molar-refractivity contribution in [1.82, 2.24) is 34.7 Å². The van der Waals surface area contributed by atoms with Crippen LogP contribution in [0.15, 0.2) is 49.2 Å². The van der Waals surface area contributed by atoms with Gasteiger partial charge in [-0.05, 0) is 19.1 Å². The molecule has 1 unspecified atom stereocenters. The Morgan fingerprint density at radius 1 is 1.14 bits per heavy atom. The summed E-state index contributed by atoms with van der Waals surface area (Å²) in [5, 5.41) is 2.86. The molecule has 1 aliphatic heterocycles. The van der Waals surface area contributed by atoms with Gasteiger partial charge >= 0.3 is 0 Å². The molecule has 0 spiro atoms. The van der Waals surface area contributed by atoms with Crippen molar-refractivity contribution >= 4 is 11.8 Å². The van der Waals surface area contributed by atoms with Crippen LogP contribution < -0.4 is 5.32 Å². The van der Waals surface area contributed by atoms with Crippen molar-refractivity contribution in [2.24, 2.45) is 0 Å². The standard InChI is InChI=1S/C20H21N7O2/c1-14-19-25-16(10-18(28)24-11-15-4-2-3-5-22-15)13-26(19)8-9-27(14)20(29)17-12-21-6-7-23-17/h2-7,12-14H,8-11H2,1H3,(H,24,28). The molecule has 0 saturated heterocycles. The lowest BCUT2D eigenvalue weighted by Gasteiger charge is -2.33. The minimum atomic E-state index is -0.219. The van der Waals surface area contributed by atoms with Gasteiger partial charge in [-0.25, -0.2) is 9.97 Å². The monoisotopic (exact) mass is 391 g/mol. The van der Waals surface area contributed by atoms with Gasteiger partial charge in [-0.15, -0.1) is 0 Å². The number of fused-ring (bicyclic) bond motifs is 1. The second-order valence-electron chi connectivity index (χ2n) is 6.82. The molecule has 3 aromatic rings. The highest BCUT2D eigenvalue weighted by molar-refractivity contribution is 5.92. The number of nitrogens with zero attached hydrogens (tertiary/aromatic N) is 6. The highest BCUT2D eigenvalue weighted by Gasteiger charge is 2.31. The summed E-state index contributed by atoms with van der Waals surface area (Å²) in [6, 6.07) is 5.36. The molecular weight excluding hydrogens is 370 g/mol. The Hall–Kier alpha value is -3.62. The Kier molecular flexibility index (Phi) is 5.28. The summed E-state index contributed by atoms with van der Waals surface area (Å²) in [5.41, 5.74) is 1.80. The third kappa shape index (κ3) is 4.13. The quantitative estimate of drug-likeness (QED) is 0.699. The van der Waals surface area contributed by atoms with Gasteiger partial charge in [-0.1, -0.05) is 6.07 Å². The molecule has 0 radical (unpaired) electrons. The van der Waals surface area contributed by atoms with E-state index in [2.05, 4.69) is 25.3 Å². The van der Waals surface area contributed by atoms with Gasteiger partial charge in [0.25, 0.3) is 5.91 Å². The Bertz CT molecular complexity index is 1000. The van der Waals surface area contributed by atoms with Crippen LogP contribution in [0.3, 0.4) is 0 Å². The van der Waals surface area contributed by atoms with Crippen LogP contribution in [-0.4, -0.2) is 47.8 Å². The first-order chi connectivity index (χ1) is 14.1. The molecule has 3 aromatic heterocycles. The first-order valence-corrected chi connectivity index (χ1v) is 9.41. The Morgan fingerprint density at radius 2 is 2.03 bits per heavy atom. The molecule has 2 amide bonds. The van der Waals surface area contributed by atoms with Crippen molar-refractivity contribution in [2.45, 2.75) is 32.5 Å². The predicted octanol–water partition coefficient (Wildman–Crippen LogP) is 1.14. The summed E-state index contributed by atoms with van der Waals surface area (Å²) in [7, 11) is 0. The number of hydrogen-bond acceptors (Lipinski definition) is 6. The van der Waals surface area contributed by atoms with Gasteiger partial charge in [0.05, 0.1) is 36.6 Å². The number of nitrogens with one attached hydrogen (secondary N) is 1. The van der Waals surface area contributed by atoms with Crippen LogP contribution >= 0.6 is 0 Å². The average molecular weight is 391 g/mol. The summed E-state index contributed by atoms with van der Waals surface area (Å²) in [6.07, 6.45) is 8.26. The second kappa shape index (κ2) is 8.17. The Labute approximate surface area is 167 Å². The van der Waals surface area contributed by atoms with Crippen LogP contribution in [0.25, 0.3) is 0 Å². The van der Waals surface area contributed by atoms with E-state index < -0.39 is 0 Å². The number of imidazole rings is 1. The molecule has 1 aliphatic rings. The minimum Gasteiger partial charge on any atom is -0.350 e. The van der Waals surface area contributed by atoms with Gasteiger partial charge in [0.2, 0.25) is 5.91 Å². The predicted molar refractivity (Wildman–Crippen MR) is 103 cm³/mol. The van der Waals surface area contributed by atoms with Crippen LogP contribution in [0, 0.1) is 0 Å². The van der Waals surface area contributed by atoms with Gasteiger partial charge in [0, 0.05) is 37.9 Å². The van der Waals surface area contributed by atoms with Crippen molar-refractivity contribution in [3.8, 4) is 0 Å². The minimum absolute atomic E-state index is 0.119. The lowest BCUT2D eigenvalue weighted by Crippen LogP contribution is -2.41. The normalized spacial score (nSPS) is 15.6. The number of pyridine rings is 1. The fourth-order valence-corrected chi connectivity index (χ4v) is 3.39. The smallest absolute Gasteiger partial charge is 0.274 e. The van der Waals surface area contributed by atoms with E-state index in [1.54, 1.807) is 11.1 Å². The van der Waals surface area contributed by atoms with Crippen LogP contribution in [0.5, 0.6) is 0 Å². The van der Waals surface area contributed by atoms with Crippen LogP contribution in [0.4, 0.5) is 0 Å². The molecule has 0 fully saturated rings. The molecule has 0 aromatic carbocycles. The first-order valence-electron chi connectivity index (χ1n) is 9.41. The van der Waals surface area contributed by atoms with Crippen LogP contribution in [0.2, 0.25) is 0 Å². The number of carbonyl (C=O) groups is 2. The zero-order valence-corrected chi connectivity index (χ0v) is 16.0. The largest absolute Gasteiger partial charge is 0.350 e. The van der Waals surface area contributed by atoms with Crippen molar-refractivity contribution in [3.63, 3.8) is 0 Å². The molecule has 4 heterocycles. The maximum Gasteiger partial charge on any atom is 0.274 e. The molecule has 9 heteroatoms. The van der Waals surface area contributed by atoms with Crippen LogP contribution in [-0.2, 0) is 24.3 Å². The van der Waals surface area contributed by atoms with E-state index in [4.69, 9.17) is 0 Å². The fraction of sp³-hybridized carbons (Fsp3) is 0.300. The molecule has 0 bridgehead atoms. The maximum absolute atomic E-state index is 12.7. The highest BCUT2D eigenvalue weighted by Crippen LogP contribution is 2.26. The first kappa shape index (κ1) is 18.7. The van der Waals surface area contributed by atoms with Gasteiger partial charge in [0.1, 0.15) is 11.5 Å². The zero-order chi connectivity index (χ0) is 20.2. The maximum atomic E-state index is 12.7. The average Bonchev–Trinajstić information content (AvgIpc) is 3.17. The van der Waals surface area contributed by atoms with Gasteiger partial charge < -0.3 is 14.8 Å².